The topological polar surface area (TPSA) is 35.5 Å². The smallest absolute Gasteiger partial charge is 0.175 e. The lowest BCUT2D eigenvalue weighted by molar-refractivity contribution is -0.108. The van der Waals surface area contributed by atoms with Crippen LogP contribution in [0.4, 0.5) is 0 Å². The average Bonchev–Trinajstić information content (AvgIpc) is 2.37. The zero-order valence-electron chi connectivity index (χ0n) is 11.2. The third kappa shape index (κ3) is 2.86. The van der Waals surface area contributed by atoms with Gasteiger partial charge in [0.05, 0.1) is 18.7 Å². The van der Waals surface area contributed by atoms with Crippen molar-refractivity contribution in [3.8, 4) is 11.5 Å². The molecule has 1 aromatic carbocycles. The van der Waals surface area contributed by atoms with E-state index in [1.54, 1.807) is 14.2 Å². The molecule has 0 radical (unpaired) electrons. The number of rotatable bonds is 6. The molecule has 3 nitrogen and oxygen atoms in total. The van der Waals surface area contributed by atoms with Gasteiger partial charge in [-0.2, -0.15) is 0 Å². The monoisotopic (exact) mass is 314 g/mol. The summed E-state index contributed by atoms with van der Waals surface area (Å²) >= 11 is 3.57. The number of carbonyl (C=O) groups excluding carboxylic acids is 1. The SMILES string of the molecule is CCc1c(C(C)CC=O)cc(OC)c(OC)c1Br. The Morgan fingerprint density at radius 3 is 2.50 bits per heavy atom. The summed E-state index contributed by atoms with van der Waals surface area (Å²) in [6.45, 7) is 4.13. The highest BCUT2D eigenvalue weighted by atomic mass is 79.9. The molecule has 0 heterocycles. The molecule has 1 aromatic rings. The van der Waals surface area contributed by atoms with Gasteiger partial charge >= 0.3 is 0 Å². The van der Waals surface area contributed by atoms with Crippen molar-refractivity contribution in [2.24, 2.45) is 0 Å². The van der Waals surface area contributed by atoms with Crippen molar-refractivity contribution in [2.45, 2.75) is 32.6 Å². The maximum absolute atomic E-state index is 10.7. The molecule has 0 aliphatic carbocycles. The van der Waals surface area contributed by atoms with E-state index in [0.717, 1.165) is 22.7 Å². The highest BCUT2D eigenvalue weighted by Gasteiger charge is 2.19. The van der Waals surface area contributed by atoms with Crippen molar-refractivity contribution in [2.75, 3.05) is 14.2 Å². The second kappa shape index (κ2) is 6.78. The van der Waals surface area contributed by atoms with Gasteiger partial charge in [0, 0.05) is 6.42 Å². The molecule has 0 aliphatic rings. The molecule has 1 rings (SSSR count). The molecular formula is C14H19BrO3. The van der Waals surface area contributed by atoms with Gasteiger partial charge in [0.15, 0.2) is 11.5 Å². The van der Waals surface area contributed by atoms with Crippen LogP contribution in [0.2, 0.25) is 0 Å². The number of benzene rings is 1. The van der Waals surface area contributed by atoms with E-state index in [2.05, 4.69) is 22.9 Å². The lowest BCUT2D eigenvalue weighted by Gasteiger charge is -2.20. The maximum atomic E-state index is 10.7. The number of methoxy groups -OCH3 is 2. The molecule has 100 valence electrons. The van der Waals surface area contributed by atoms with Crippen LogP contribution in [0.5, 0.6) is 11.5 Å². The van der Waals surface area contributed by atoms with Crippen LogP contribution < -0.4 is 9.47 Å². The standard InChI is InChI=1S/C14H19BrO3/c1-5-10-11(9(2)6-7-16)8-12(17-3)14(18-4)13(10)15/h7-9H,5-6H2,1-4H3. The minimum absolute atomic E-state index is 0.175. The van der Waals surface area contributed by atoms with Gasteiger partial charge < -0.3 is 14.3 Å². The molecule has 4 heteroatoms. The van der Waals surface area contributed by atoms with Crippen molar-refractivity contribution in [3.63, 3.8) is 0 Å². The summed E-state index contributed by atoms with van der Waals surface area (Å²) < 4.78 is 11.6. The Kier molecular flexibility index (Phi) is 5.66. The Balaban J connectivity index is 3.41. The van der Waals surface area contributed by atoms with E-state index < -0.39 is 0 Å². The second-order valence-corrected chi connectivity index (χ2v) is 4.94. The van der Waals surface area contributed by atoms with Gasteiger partial charge in [-0.25, -0.2) is 0 Å². The predicted molar refractivity (Wildman–Crippen MR) is 75.7 cm³/mol. The van der Waals surface area contributed by atoms with E-state index in [4.69, 9.17) is 9.47 Å². The molecular weight excluding hydrogens is 296 g/mol. The summed E-state index contributed by atoms with van der Waals surface area (Å²) in [6, 6.07) is 1.97. The number of hydrogen-bond acceptors (Lipinski definition) is 3. The zero-order chi connectivity index (χ0) is 13.7. The Morgan fingerprint density at radius 1 is 1.39 bits per heavy atom. The van der Waals surface area contributed by atoms with E-state index >= 15 is 0 Å². The van der Waals surface area contributed by atoms with Crippen LogP contribution in [0.25, 0.3) is 0 Å². The van der Waals surface area contributed by atoms with Crippen molar-refractivity contribution < 1.29 is 14.3 Å². The van der Waals surface area contributed by atoms with Crippen molar-refractivity contribution >= 4 is 22.2 Å². The van der Waals surface area contributed by atoms with Gasteiger partial charge in [-0.15, -0.1) is 0 Å². The molecule has 0 amide bonds. The van der Waals surface area contributed by atoms with Gasteiger partial charge in [-0.1, -0.05) is 13.8 Å². The highest BCUT2D eigenvalue weighted by Crippen LogP contribution is 2.42. The first-order valence-corrected chi connectivity index (χ1v) is 6.76. The molecule has 0 saturated carbocycles. The fourth-order valence-electron chi connectivity index (χ4n) is 2.08. The fourth-order valence-corrected chi connectivity index (χ4v) is 2.94. The second-order valence-electron chi connectivity index (χ2n) is 4.15. The van der Waals surface area contributed by atoms with Crippen LogP contribution in [0.1, 0.15) is 37.3 Å². The van der Waals surface area contributed by atoms with Gasteiger partial charge in [0.25, 0.3) is 0 Å². The van der Waals surface area contributed by atoms with E-state index in [1.165, 1.54) is 5.56 Å². The largest absolute Gasteiger partial charge is 0.493 e. The Hall–Kier alpha value is -1.03. The van der Waals surface area contributed by atoms with Crippen LogP contribution in [0.3, 0.4) is 0 Å². The summed E-state index contributed by atoms with van der Waals surface area (Å²) in [7, 11) is 3.24. The molecule has 1 atom stereocenters. The van der Waals surface area contributed by atoms with Gasteiger partial charge in [-0.05, 0) is 45.5 Å². The first-order chi connectivity index (χ1) is 8.60. The van der Waals surface area contributed by atoms with Gasteiger partial charge in [-0.3, -0.25) is 0 Å². The van der Waals surface area contributed by atoms with Crippen LogP contribution in [-0.2, 0) is 11.2 Å². The molecule has 0 fully saturated rings. The minimum Gasteiger partial charge on any atom is -0.493 e. The first-order valence-electron chi connectivity index (χ1n) is 5.97. The number of halogens is 1. The Morgan fingerprint density at radius 2 is 2.06 bits per heavy atom. The van der Waals surface area contributed by atoms with Crippen LogP contribution in [-0.4, -0.2) is 20.5 Å². The first kappa shape index (κ1) is 15.0. The molecule has 0 spiro atoms. The fraction of sp³-hybridized carbons (Fsp3) is 0.500. The van der Waals surface area contributed by atoms with Gasteiger partial charge in [0.2, 0.25) is 0 Å². The van der Waals surface area contributed by atoms with Crippen LogP contribution in [0.15, 0.2) is 10.5 Å². The molecule has 0 bridgehead atoms. The summed E-state index contributed by atoms with van der Waals surface area (Å²) in [5, 5.41) is 0. The zero-order valence-corrected chi connectivity index (χ0v) is 12.8. The Labute approximate surface area is 117 Å². The lowest BCUT2D eigenvalue weighted by Crippen LogP contribution is -2.04. The predicted octanol–water partition coefficient (Wildman–Crippen LogP) is 3.72. The summed E-state index contributed by atoms with van der Waals surface area (Å²) in [5.74, 6) is 1.57. The maximum Gasteiger partial charge on any atom is 0.175 e. The normalized spacial score (nSPS) is 12.1. The molecule has 0 aliphatic heterocycles. The highest BCUT2D eigenvalue weighted by molar-refractivity contribution is 9.10. The van der Waals surface area contributed by atoms with E-state index in [9.17, 15) is 4.79 Å². The summed E-state index contributed by atoms with van der Waals surface area (Å²) in [5.41, 5.74) is 2.30. The molecule has 0 aromatic heterocycles. The molecule has 0 N–H and O–H groups in total. The van der Waals surface area contributed by atoms with Crippen molar-refractivity contribution in [1.82, 2.24) is 0 Å². The Bertz CT molecular complexity index is 430. The minimum atomic E-state index is 0.175. The van der Waals surface area contributed by atoms with Crippen LogP contribution in [0, 0.1) is 0 Å². The van der Waals surface area contributed by atoms with Crippen molar-refractivity contribution in [3.05, 3.63) is 21.7 Å². The number of hydrogen-bond donors (Lipinski definition) is 0. The summed E-state index contributed by atoms with van der Waals surface area (Å²) in [4.78, 5) is 10.7. The van der Waals surface area contributed by atoms with Crippen LogP contribution >= 0.6 is 15.9 Å². The average molecular weight is 315 g/mol. The third-order valence-electron chi connectivity index (χ3n) is 3.08. The molecule has 18 heavy (non-hydrogen) atoms. The van der Waals surface area contributed by atoms with E-state index in [1.807, 2.05) is 13.0 Å². The number of carbonyl (C=O) groups is 1. The van der Waals surface area contributed by atoms with E-state index in [0.29, 0.717) is 17.9 Å². The molecule has 0 saturated heterocycles. The molecule has 1 unspecified atom stereocenters. The summed E-state index contributed by atoms with van der Waals surface area (Å²) in [6.07, 6.45) is 2.34. The van der Waals surface area contributed by atoms with Crippen molar-refractivity contribution in [1.29, 1.82) is 0 Å². The van der Waals surface area contributed by atoms with E-state index in [-0.39, 0.29) is 5.92 Å². The lowest BCUT2D eigenvalue weighted by atomic mass is 9.92. The number of ether oxygens (including phenoxy) is 2. The van der Waals surface area contributed by atoms with Gasteiger partial charge in [0.1, 0.15) is 6.29 Å². The quantitative estimate of drug-likeness (QED) is 0.751. The third-order valence-corrected chi connectivity index (χ3v) is 3.92. The number of aldehydes is 1.